The third-order valence-corrected chi connectivity index (χ3v) is 2.74. The summed E-state index contributed by atoms with van der Waals surface area (Å²) in [6.45, 7) is 8.67. The van der Waals surface area contributed by atoms with Crippen molar-refractivity contribution in [2.75, 3.05) is 26.2 Å². The Morgan fingerprint density at radius 3 is 2.47 bits per heavy atom. The van der Waals surface area contributed by atoms with E-state index in [1.807, 2.05) is 12.4 Å². The Balaban J connectivity index is 3.64. The first-order valence-electron chi connectivity index (χ1n) is 6.62. The fourth-order valence-corrected chi connectivity index (χ4v) is 1.65. The summed E-state index contributed by atoms with van der Waals surface area (Å²) < 4.78 is 0. The summed E-state index contributed by atoms with van der Waals surface area (Å²) in [6.07, 6.45) is 1.86. The molecular formula is C12H25N3O4. The van der Waals surface area contributed by atoms with Gasteiger partial charge in [0.25, 0.3) is 0 Å². The van der Waals surface area contributed by atoms with E-state index in [1.165, 1.54) is 0 Å². The maximum absolute atomic E-state index is 11.3. The number of carbonyl (C=O) groups is 2. The molecule has 7 nitrogen and oxygen atoms in total. The molecule has 0 aliphatic heterocycles. The summed E-state index contributed by atoms with van der Waals surface area (Å²) in [5.41, 5.74) is 2.03. The monoisotopic (exact) mass is 275 g/mol. The zero-order valence-electron chi connectivity index (χ0n) is 11.9. The van der Waals surface area contributed by atoms with E-state index in [1.54, 1.807) is 0 Å². The van der Waals surface area contributed by atoms with Crippen LogP contribution in [0.3, 0.4) is 0 Å². The molecule has 0 spiro atoms. The van der Waals surface area contributed by atoms with Crippen LogP contribution in [0.4, 0.5) is 4.79 Å². The van der Waals surface area contributed by atoms with Crippen LogP contribution in [0.5, 0.6) is 0 Å². The van der Waals surface area contributed by atoms with Gasteiger partial charge in [-0.15, -0.1) is 0 Å². The van der Waals surface area contributed by atoms with Gasteiger partial charge >= 0.3 is 12.0 Å². The van der Waals surface area contributed by atoms with E-state index in [2.05, 4.69) is 28.9 Å². The molecule has 0 aliphatic carbocycles. The highest BCUT2D eigenvalue weighted by Gasteiger charge is 2.08. The summed E-state index contributed by atoms with van der Waals surface area (Å²) >= 11 is 0. The second kappa shape index (κ2) is 10.6. The van der Waals surface area contributed by atoms with Gasteiger partial charge in [-0.25, -0.2) is 15.1 Å². The lowest BCUT2D eigenvalue weighted by atomic mass is 10.2. The molecule has 0 radical (unpaired) electrons. The van der Waals surface area contributed by atoms with E-state index < -0.39 is 18.6 Å². The summed E-state index contributed by atoms with van der Waals surface area (Å²) in [6, 6.07) is -0.499. The average molecular weight is 275 g/mol. The number of aliphatic carboxylic acids is 1. The van der Waals surface area contributed by atoms with E-state index >= 15 is 0 Å². The number of hydrogen-bond acceptors (Lipinski definition) is 4. The van der Waals surface area contributed by atoms with Gasteiger partial charge in [0.15, 0.2) is 6.61 Å². The van der Waals surface area contributed by atoms with Gasteiger partial charge < -0.3 is 15.3 Å². The van der Waals surface area contributed by atoms with Crippen LogP contribution < -0.4 is 10.8 Å². The molecule has 0 saturated carbocycles. The molecule has 19 heavy (non-hydrogen) atoms. The van der Waals surface area contributed by atoms with Crippen LogP contribution in [0.25, 0.3) is 0 Å². The van der Waals surface area contributed by atoms with Gasteiger partial charge in [-0.05, 0) is 39.4 Å². The zero-order valence-corrected chi connectivity index (χ0v) is 11.9. The fraction of sp³-hybridized carbons (Fsp3) is 0.833. The Morgan fingerprint density at radius 2 is 1.95 bits per heavy atom. The number of carboxylic acid groups (broad SMARTS) is 1. The molecule has 0 rings (SSSR count). The number of hydrogen-bond donors (Lipinski definition) is 3. The molecule has 0 aromatic carbocycles. The molecule has 0 bridgehead atoms. The Kier molecular flexibility index (Phi) is 9.82. The van der Waals surface area contributed by atoms with Gasteiger partial charge in [0.05, 0.1) is 0 Å². The number of hydroxylamine groups is 1. The second-order valence-electron chi connectivity index (χ2n) is 4.33. The van der Waals surface area contributed by atoms with E-state index in [0.29, 0.717) is 0 Å². The maximum atomic E-state index is 11.3. The predicted molar refractivity (Wildman–Crippen MR) is 71.7 cm³/mol. The van der Waals surface area contributed by atoms with Crippen LogP contribution in [0, 0.1) is 0 Å². The number of carbonyl (C=O) groups excluding carboxylic acids is 1. The smallest absolute Gasteiger partial charge is 0.338 e. The van der Waals surface area contributed by atoms with Gasteiger partial charge in [0.2, 0.25) is 0 Å². The molecule has 0 saturated heterocycles. The van der Waals surface area contributed by atoms with Gasteiger partial charge in [-0.2, -0.15) is 0 Å². The lowest BCUT2D eigenvalue weighted by molar-refractivity contribution is -0.144. The Morgan fingerprint density at radius 1 is 1.32 bits per heavy atom. The third kappa shape index (κ3) is 10.3. The molecule has 0 heterocycles. The highest BCUT2D eigenvalue weighted by Crippen LogP contribution is 1.99. The van der Waals surface area contributed by atoms with Crippen molar-refractivity contribution in [2.24, 2.45) is 0 Å². The van der Waals surface area contributed by atoms with Crippen LogP contribution >= 0.6 is 0 Å². The molecule has 2 amide bonds. The maximum Gasteiger partial charge on any atom is 0.338 e. The highest BCUT2D eigenvalue weighted by molar-refractivity contribution is 5.73. The SMILES string of the molecule is CCN(CC)CCCC(C)NC(=O)NOCC(=O)O. The van der Waals surface area contributed by atoms with Crippen molar-refractivity contribution in [3.8, 4) is 0 Å². The van der Waals surface area contributed by atoms with Gasteiger partial charge in [0.1, 0.15) is 0 Å². The highest BCUT2D eigenvalue weighted by atomic mass is 16.7. The lowest BCUT2D eigenvalue weighted by Gasteiger charge is -2.19. The standard InChI is InChI=1S/C12H25N3O4/c1-4-15(5-2)8-6-7-10(3)13-12(18)14-19-9-11(16)17/h10H,4-9H2,1-3H3,(H,16,17)(H2,13,14,18). The minimum absolute atomic E-state index is 0.0176. The number of nitrogens with one attached hydrogen (secondary N) is 2. The predicted octanol–water partition coefficient (Wildman–Crippen LogP) is 0.812. The van der Waals surface area contributed by atoms with Crippen molar-refractivity contribution in [1.29, 1.82) is 0 Å². The minimum Gasteiger partial charge on any atom is -0.479 e. The van der Waals surface area contributed by atoms with E-state index in [4.69, 9.17) is 5.11 Å². The van der Waals surface area contributed by atoms with Crippen molar-refractivity contribution in [2.45, 2.75) is 39.7 Å². The largest absolute Gasteiger partial charge is 0.479 e. The first-order valence-corrected chi connectivity index (χ1v) is 6.62. The van der Waals surface area contributed by atoms with Crippen LogP contribution in [0.1, 0.15) is 33.6 Å². The van der Waals surface area contributed by atoms with Crippen molar-refractivity contribution >= 4 is 12.0 Å². The Labute approximate surface area is 114 Å². The number of urea groups is 1. The first-order chi connectivity index (χ1) is 8.99. The number of nitrogens with zero attached hydrogens (tertiary/aromatic N) is 1. The van der Waals surface area contributed by atoms with Crippen LogP contribution in [-0.4, -0.2) is 54.3 Å². The summed E-state index contributed by atoms with van der Waals surface area (Å²) in [5.74, 6) is -1.13. The molecule has 0 aliphatic rings. The topological polar surface area (TPSA) is 90.9 Å². The Hall–Kier alpha value is -1.34. The number of amides is 2. The number of rotatable bonds is 10. The van der Waals surface area contributed by atoms with Crippen LogP contribution in [0.2, 0.25) is 0 Å². The average Bonchev–Trinajstić information content (AvgIpc) is 2.34. The molecule has 1 atom stereocenters. The molecule has 0 fully saturated rings. The van der Waals surface area contributed by atoms with Crippen molar-refractivity contribution < 1.29 is 19.5 Å². The summed E-state index contributed by atoms with van der Waals surface area (Å²) in [7, 11) is 0. The van der Waals surface area contributed by atoms with Crippen molar-refractivity contribution in [3.63, 3.8) is 0 Å². The minimum atomic E-state index is -1.13. The molecular weight excluding hydrogens is 250 g/mol. The molecule has 0 aromatic heterocycles. The third-order valence-electron chi connectivity index (χ3n) is 2.74. The van der Waals surface area contributed by atoms with Gasteiger partial charge in [0, 0.05) is 6.04 Å². The van der Waals surface area contributed by atoms with Crippen LogP contribution in [0.15, 0.2) is 0 Å². The molecule has 7 heteroatoms. The second-order valence-corrected chi connectivity index (χ2v) is 4.33. The molecule has 3 N–H and O–H groups in total. The van der Waals surface area contributed by atoms with Crippen molar-refractivity contribution in [3.05, 3.63) is 0 Å². The van der Waals surface area contributed by atoms with Gasteiger partial charge in [-0.3, -0.25) is 4.84 Å². The lowest BCUT2D eigenvalue weighted by Crippen LogP contribution is -2.41. The molecule has 1 unspecified atom stereocenters. The van der Waals surface area contributed by atoms with E-state index in [-0.39, 0.29) is 6.04 Å². The van der Waals surface area contributed by atoms with Gasteiger partial charge in [-0.1, -0.05) is 13.8 Å². The Bertz CT molecular complexity index is 270. The van der Waals surface area contributed by atoms with E-state index in [9.17, 15) is 9.59 Å². The van der Waals surface area contributed by atoms with Crippen LogP contribution in [-0.2, 0) is 9.63 Å². The summed E-state index contributed by atoms with van der Waals surface area (Å²) in [4.78, 5) is 28.2. The van der Waals surface area contributed by atoms with Crippen molar-refractivity contribution in [1.82, 2.24) is 15.7 Å². The molecule has 112 valence electrons. The quantitative estimate of drug-likeness (QED) is 0.513. The normalized spacial score (nSPS) is 12.2. The molecule has 0 aromatic rings. The first kappa shape index (κ1) is 17.7. The zero-order chi connectivity index (χ0) is 14.7. The fourth-order valence-electron chi connectivity index (χ4n) is 1.65. The summed E-state index contributed by atoms with van der Waals surface area (Å²) in [5, 5.41) is 11.0. The number of carboxylic acids is 1. The van der Waals surface area contributed by atoms with E-state index in [0.717, 1.165) is 32.5 Å².